The van der Waals surface area contributed by atoms with Gasteiger partial charge in [-0.3, -0.25) is 4.79 Å². The van der Waals surface area contributed by atoms with Crippen molar-refractivity contribution < 1.29 is 19.5 Å². The van der Waals surface area contributed by atoms with E-state index in [2.05, 4.69) is 29.5 Å². The number of aromatic nitrogens is 1. The number of likely N-dealkylation sites (tertiary alicyclic amines) is 1. The number of amides is 3. The first-order valence-electron chi connectivity index (χ1n) is 11.6. The normalized spacial score (nSPS) is 14.8. The molecule has 0 spiro atoms. The topological polar surface area (TPSA) is 147 Å². The van der Waals surface area contributed by atoms with Gasteiger partial charge in [-0.05, 0) is 60.7 Å². The molecule has 0 radical (unpaired) electrons. The molecule has 1 aliphatic heterocycles. The Morgan fingerprint density at radius 2 is 1.58 bits per heavy atom. The van der Waals surface area contributed by atoms with Crippen LogP contribution in [0.4, 0.5) is 16.2 Å². The van der Waals surface area contributed by atoms with Gasteiger partial charge in [0, 0.05) is 23.5 Å². The number of carbonyl (C=O) groups excluding carboxylic acids is 2. The minimum atomic E-state index is -1.09. The molecule has 2 aromatic carbocycles. The van der Waals surface area contributed by atoms with Crippen LogP contribution < -0.4 is 16.8 Å². The first-order chi connectivity index (χ1) is 16.8. The van der Waals surface area contributed by atoms with Crippen LogP contribution in [0.3, 0.4) is 0 Å². The Hall–Kier alpha value is -4.24. The molecule has 1 fully saturated rings. The minimum Gasteiger partial charge on any atom is -0.477 e. The van der Waals surface area contributed by atoms with Crippen molar-refractivity contribution in [2.24, 2.45) is 0 Å². The van der Waals surface area contributed by atoms with E-state index >= 15 is 0 Å². The molecule has 0 unspecified atom stereocenters. The van der Waals surface area contributed by atoms with E-state index in [-0.39, 0.29) is 23.8 Å². The number of rotatable bonds is 6. The van der Waals surface area contributed by atoms with Crippen LogP contribution in [0.1, 0.15) is 48.7 Å². The highest BCUT2D eigenvalue weighted by Gasteiger charge is 2.34. The fourth-order valence-corrected chi connectivity index (χ4v) is 4.09. The molecule has 188 valence electrons. The summed E-state index contributed by atoms with van der Waals surface area (Å²) in [5.74, 6) is -0.924. The third kappa shape index (κ3) is 6.05. The number of nitrogens with zero attached hydrogens (tertiary/aromatic N) is 2. The number of pyridine rings is 1. The Kier molecular flexibility index (Phi) is 8.39. The summed E-state index contributed by atoms with van der Waals surface area (Å²) < 4.78 is 0. The van der Waals surface area contributed by atoms with E-state index in [4.69, 9.17) is 5.11 Å². The van der Waals surface area contributed by atoms with Gasteiger partial charge in [0.05, 0.1) is 5.69 Å². The van der Waals surface area contributed by atoms with Gasteiger partial charge >= 0.3 is 12.0 Å². The molecule has 36 heavy (non-hydrogen) atoms. The van der Waals surface area contributed by atoms with E-state index in [0.717, 1.165) is 12.0 Å². The van der Waals surface area contributed by atoms with Crippen molar-refractivity contribution in [1.29, 1.82) is 0 Å². The summed E-state index contributed by atoms with van der Waals surface area (Å²) in [6.07, 6.45) is 1.35. The third-order valence-corrected chi connectivity index (χ3v) is 6.06. The number of anilines is 2. The van der Waals surface area contributed by atoms with Gasteiger partial charge in [-0.25, -0.2) is 14.6 Å². The van der Waals surface area contributed by atoms with Gasteiger partial charge in [0.1, 0.15) is 11.7 Å². The van der Waals surface area contributed by atoms with Crippen LogP contribution in [0.15, 0.2) is 66.7 Å². The molecule has 1 aromatic heterocycles. The lowest BCUT2D eigenvalue weighted by molar-refractivity contribution is -0.119. The molecular formula is C27H31N5O4. The van der Waals surface area contributed by atoms with Crippen molar-refractivity contribution in [2.45, 2.75) is 38.6 Å². The number of urea groups is 1. The zero-order valence-electron chi connectivity index (χ0n) is 20.4. The maximum absolute atomic E-state index is 13.0. The monoisotopic (exact) mass is 489 g/mol. The SMILES string of the molecule is CC(C)c1ccc(NC(=O)N2CCC[C@@H]2C(=O)Nc2ccc(-c3cccc(C(=O)O)n3)cc2)cc1.N. The van der Waals surface area contributed by atoms with Crippen LogP contribution in [0.25, 0.3) is 11.3 Å². The second kappa shape index (κ2) is 11.5. The first-order valence-corrected chi connectivity index (χ1v) is 11.6. The maximum atomic E-state index is 13.0. The zero-order valence-corrected chi connectivity index (χ0v) is 20.4. The van der Waals surface area contributed by atoms with Gasteiger partial charge in [-0.15, -0.1) is 0 Å². The highest BCUT2D eigenvalue weighted by atomic mass is 16.4. The molecule has 1 atom stereocenters. The van der Waals surface area contributed by atoms with Crippen molar-refractivity contribution >= 4 is 29.3 Å². The number of nitrogens with one attached hydrogen (secondary N) is 2. The number of aromatic carboxylic acids is 1. The average Bonchev–Trinajstić information content (AvgIpc) is 3.35. The Morgan fingerprint density at radius 3 is 2.22 bits per heavy atom. The second-order valence-electron chi connectivity index (χ2n) is 8.84. The first kappa shape index (κ1) is 26.4. The molecule has 9 heteroatoms. The molecule has 6 N–H and O–H groups in total. The lowest BCUT2D eigenvalue weighted by atomic mass is 10.0. The molecule has 3 amide bonds. The molecule has 3 aromatic rings. The summed E-state index contributed by atoms with van der Waals surface area (Å²) >= 11 is 0. The standard InChI is InChI=1S/C27H28N4O4.H3N/c1-17(2)18-8-12-21(13-9-18)29-27(35)31-16-4-7-24(31)25(32)28-20-14-10-19(11-15-20)22-5-3-6-23(30-22)26(33)34;/h3,5-6,8-15,17,24H,4,7,16H2,1-2H3,(H,28,32)(H,29,35)(H,33,34);1H3/t24-;/m1./s1. The van der Waals surface area contributed by atoms with Crippen LogP contribution in [0.2, 0.25) is 0 Å². The number of benzene rings is 2. The van der Waals surface area contributed by atoms with Gasteiger partial charge in [-0.2, -0.15) is 0 Å². The lowest BCUT2D eigenvalue weighted by Gasteiger charge is -2.24. The van der Waals surface area contributed by atoms with Crippen LogP contribution in [0, 0.1) is 0 Å². The van der Waals surface area contributed by atoms with Crippen molar-refractivity contribution in [3.05, 3.63) is 78.0 Å². The van der Waals surface area contributed by atoms with E-state index in [9.17, 15) is 14.4 Å². The molecule has 0 bridgehead atoms. The van der Waals surface area contributed by atoms with Gasteiger partial charge in [-0.1, -0.05) is 44.2 Å². The molecule has 0 aliphatic carbocycles. The number of carboxylic acid groups (broad SMARTS) is 1. The van der Waals surface area contributed by atoms with E-state index < -0.39 is 12.0 Å². The van der Waals surface area contributed by atoms with Gasteiger partial charge < -0.3 is 26.8 Å². The third-order valence-electron chi connectivity index (χ3n) is 6.06. The molecule has 0 saturated carbocycles. The predicted octanol–water partition coefficient (Wildman–Crippen LogP) is 5.37. The Morgan fingerprint density at radius 1 is 0.944 bits per heavy atom. The van der Waals surface area contributed by atoms with Crippen molar-refractivity contribution in [1.82, 2.24) is 16.0 Å². The molecule has 1 aliphatic rings. The minimum absolute atomic E-state index is 0. The highest BCUT2D eigenvalue weighted by molar-refractivity contribution is 5.99. The summed E-state index contributed by atoms with van der Waals surface area (Å²) in [5, 5.41) is 14.9. The van der Waals surface area contributed by atoms with E-state index in [1.54, 1.807) is 41.3 Å². The van der Waals surface area contributed by atoms with Crippen molar-refractivity contribution in [2.75, 3.05) is 17.2 Å². The lowest BCUT2D eigenvalue weighted by Crippen LogP contribution is -2.45. The van der Waals surface area contributed by atoms with Crippen LogP contribution in [0.5, 0.6) is 0 Å². The van der Waals surface area contributed by atoms with Gasteiger partial charge in [0.15, 0.2) is 0 Å². The molecule has 2 heterocycles. The van der Waals surface area contributed by atoms with Crippen LogP contribution >= 0.6 is 0 Å². The number of carboxylic acids is 1. The van der Waals surface area contributed by atoms with Gasteiger partial charge in [0.25, 0.3) is 0 Å². The Balaban J connectivity index is 0.00000361. The maximum Gasteiger partial charge on any atom is 0.354 e. The van der Waals surface area contributed by atoms with Gasteiger partial charge in [0.2, 0.25) is 5.91 Å². The van der Waals surface area contributed by atoms with E-state index in [1.807, 2.05) is 24.3 Å². The Bertz CT molecular complexity index is 1230. The van der Waals surface area contributed by atoms with Crippen molar-refractivity contribution in [3.8, 4) is 11.3 Å². The molecular weight excluding hydrogens is 458 g/mol. The quantitative estimate of drug-likeness (QED) is 0.366. The van der Waals surface area contributed by atoms with Crippen LogP contribution in [-0.4, -0.2) is 45.5 Å². The average molecular weight is 490 g/mol. The predicted molar refractivity (Wildman–Crippen MR) is 140 cm³/mol. The fraction of sp³-hybridized carbons (Fsp3) is 0.259. The number of hydrogen-bond acceptors (Lipinski definition) is 5. The second-order valence-corrected chi connectivity index (χ2v) is 8.84. The largest absolute Gasteiger partial charge is 0.477 e. The number of carbonyl (C=O) groups is 3. The zero-order chi connectivity index (χ0) is 24.9. The smallest absolute Gasteiger partial charge is 0.354 e. The van der Waals surface area contributed by atoms with E-state index in [0.29, 0.717) is 36.0 Å². The summed E-state index contributed by atoms with van der Waals surface area (Å²) in [6, 6.07) is 18.7. The van der Waals surface area contributed by atoms with E-state index in [1.165, 1.54) is 11.6 Å². The summed E-state index contributed by atoms with van der Waals surface area (Å²) in [5.41, 5.74) is 3.71. The fourth-order valence-electron chi connectivity index (χ4n) is 4.09. The Labute approximate surface area is 210 Å². The van der Waals surface area contributed by atoms with Crippen molar-refractivity contribution in [3.63, 3.8) is 0 Å². The summed E-state index contributed by atoms with van der Waals surface area (Å²) in [4.78, 5) is 42.7. The van der Waals surface area contributed by atoms with Crippen LogP contribution in [-0.2, 0) is 4.79 Å². The number of hydrogen-bond donors (Lipinski definition) is 4. The summed E-state index contributed by atoms with van der Waals surface area (Å²) in [6.45, 7) is 4.74. The highest BCUT2D eigenvalue weighted by Crippen LogP contribution is 2.24. The molecule has 4 rings (SSSR count). The summed E-state index contributed by atoms with van der Waals surface area (Å²) in [7, 11) is 0. The molecule has 1 saturated heterocycles. The molecule has 9 nitrogen and oxygen atoms in total.